The van der Waals surface area contributed by atoms with Gasteiger partial charge in [-0.25, -0.2) is 0 Å². The van der Waals surface area contributed by atoms with Crippen molar-refractivity contribution in [2.75, 3.05) is 6.54 Å². The number of piperidine rings is 1. The Morgan fingerprint density at radius 3 is 2.71 bits per heavy atom. The van der Waals surface area contributed by atoms with Gasteiger partial charge in [-0.15, -0.1) is 0 Å². The van der Waals surface area contributed by atoms with E-state index in [0.29, 0.717) is 12.0 Å². The molecule has 3 nitrogen and oxygen atoms in total. The molecule has 0 radical (unpaired) electrons. The highest BCUT2D eigenvalue weighted by Crippen LogP contribution is 2.34. The third kappa shape index (κ3) is 3.85. The maximum atomic E-state index is 10.4. The molecule has 3 atom stereocenters. The van der Waals surface area contributed by atoms with Crippen molar-refractivity contribution in [2.45, 2.75) is 63.6 Å². The monoisotopic (exact) mass is 352 g/mol. The maximum Gasteiger partial charge on any atom is 0.0583 e. The first-order valence-corrected chi connectivity index (χ1v) is 9.06. The van der Waals surface area contributed by atoms with Crippen molar-refractivity contribution in [3.63, 3.8) is 0 Å². The largest absolute Gasteiger partial charge is 0.393 e. The molecule has 3 rings (SSSR count). The van der Waals surface area contributed by atoms with Gasteiger partial charge in [-0.3, -0.25) is 9.88 Å². The molecule has 1 saturated carbocycles. The summed E-state index contributed by atoms with van der Waals surface area (Å²) < 4.78 is 1.03. The molecular formula is C17H25BrN2O. The molecule has 1 aromatic rings. The van der Waals surface area contributed by atoms with Gasteiger partial charge in [-0.05, 0) is 60.3 Å². The van der Waals surface area contributed by atoms with Crippen molar-refractivity contribution in [1.29, 1.82) is 0 Å². The molecule has 3 unspecified atom stereocenters. The number of nitrogens with zero attached hydrogens (tertiary/aromatic N) is 2. The zero-order valence-corrected chi connectivity index (χ0v) is 14.1. The first-order valence-electron chi connectivity index (χ1n) is 8.26. The van der Waals surface area contributed by atoms with Gasteiger partial charge in [0.05, 0.1) is 11.8 Å². The number of hydrogen-bond donors (Lipinski definition) is 1. The van der Waals surface area contributed by atoms with Gasteiger partial charge in [-0.1, -0.05) is 19.3 Å². The molecule has 1 N–H and O–H groups in total. The molecule has 2 fully saturated rings. The fourth-order valence-corrected chi connectivity index (χ4v) is 4.23. The molecule has 0 aromatic carbocycles. The zero-order valence-electron chi connectivity index (χ0n) is 12.5. The number of aromatic nitrogens is 1. The van der Waals surface area contributed by atoms with Crippen LogP contribution in [0.3, 0.4) is 0 Å². The Bertz CT molecular complexity index is 451. The molecule has 1 aliphatic heterocycles. The number of rotatable bonds is 3. The normalized spacial score (nSPS) is 31.2. The molecule has 1 aromatic heterocycles. The first kappa shape index (κ1) is 15.4. The summed E-state index contributed by atoms with van der Waals surface area (Å²) in [5, 5.41) is 10.4. The van der Waals surface area contributed by atoms with E-state index in [4.69, 9.17) is 0 Å². The number of likely N-dealkylation sites (tertiary alicyclic amines) is 1. The molecule has 116 valence electrons. The van der Waals surface area contributed by atoms with Crippen LogP contribution in [0.1, 0.15) is 50.6 Å². The van der Waals surface area contributed by atoms with E-state index in [-0.39, 0.29) is 6.10 Å². The van der Waals surface area contributed by atoms with Gasteiger partial charge in [0.1, 0.15) is 0 Å². The summed E-state index contributed by atoms with van der Waals surface area (Å²) in [5.74, 6) is 0.467. The number of pyridine rings is 1. The van der Waals surface area contributed by atoms with Crippen LogP contribution in [0.25, 0.3) is 0 Å². The minimum absolute atomic E-state index is 0.0952. The Morgan fingerprint density at radius 1 is 1.14 bits per heavy atom. The fraction of sp³-hybridized carbons (Fsp3) is 0.706. The van der Waals surface area contributed by atoms with Gasteiger partial charge < -0.3 is 5.11 Å². The van der Waals surface area contributed by atoms with E-state index in [1.54, 1.807) is 0 Å². The molecule has 1 aliphatic carbocycles. The van der Waals surface area contributed by atoms with Crippen LogP contribution in [0.4, 0.5) is 0 Å². The van der Waals surface area contributed by atoms with Crippen molar-refractivity contribution in [1.82, 2.24) is 9.88 Å². The third-order valence-electron chi connectivity index (χ3n) is 5.09. The van der Waals surface area contributed by atoms with Gasteiger partial charge in [0.25, 0.3) is 0 Å². The van der Waals surface area contributed by atoms with E-state index in [1.165, 1.54) is 38.5 Å². The van der Waals surface area contributed by atoms with Crippen molar-refractivity contribution in [3.8, 4) is 0 Å². The van der Waals surface area contributed by atoms with E-state index in [2.05, 4.69) is 37.9 Å². The second-order valence-corrected chi connectivity index (χ2v) is 7.43. The molecule has 2 aliphatic rings. The van der Waals surface area contributed by atoms with Gasteiger partial charge in [0, 0.05) is 29.2 Å². The predicted molar refractivity (Wildman–Crippen MR) is 88.0 cm³/mol. The summed E-state index contributed by atoms with van der Waals surface area (Å²) >= 11 is 3.44. The third-order valence-corrected chi connectivity index (χ3v) is 5.56. The Balaban J connectivity index is 1.70. The molecule has 1 saturated heterocycles. The quantitative estimate of drug-likeness (QED) is 0.899. The first-order chi connectivity index (χ1) is 10.2. The summed E-state index contributed by atoms with van der Waals surface area (Å²) in [7, 11) is 0. The highest BCUT2D eigenvalue weighted by atomic mass is 79.9. The second-order valence-electron chi connectivity index (χ2n) is 6.52. The summed E-state index contributed by atoms with van der Waals surface area (Å²) in [6, 6.07) is 4.71. The fourth-order valence-electron chi connectivity index (χ4n) is 3.99. The standard InChI is InChI=1S/C17H25BrN2O/c18-13-8-9-14(19-11-13)12-20-10-4-3-6-16(20)15-5-1-2-7-17(15)21/h8-9,11,15-17,21H,1-7,10,12H2. The average molecular weight is 353 g/mol. The molecule has 2 heterocycles. The van der Waals surface area contributed by atoms with Gasteiger partial charge in [0.2, 0.25) is 0 Å². The van der Waals surface area contributed by atoms with Crippen LogP contribution in [0, 0.1) is 5.92 Å². The molecule has 0 bridgehead atoms. The minimum atomic E-state index is -0.0952. The number of halogens is 1. The molecule has 0 spiro atoms. The van der Waals surface area contributed by atoms with Crippen LogP contribution < -0.4 is 0 Å². The molecular weight excluding hydrogens is 328 g/mol. The second kappa shape index (κ2) is 7.21. The Kier molecular flexibility index (Phi) is 5.30. The van der Waals surface area contributed by atoms with Crippen molar-refractivity contribution >= 4 is 15.9 Å². The predicted octanol–water partition coefficient (Wildman–Crippen LogP) is 3.75. The smallest absolute Gasteiger partial charge is 0.0583 e. The van der Waals surface area contributed by atoms with Crippen LogP contribution in [0.2, 0.25) is 0 Å². The minimum Gasteiger partial charge on any atom is -0.393 e. The summed E-state index contributed by atoms with van der Waals surface area (Å²) in [6.45, 7) is 2.06. The van der Waals surface area contributed by atoms with Crippen molar-refractivity contribution < 1.29 is 5.11 Å². The number of hydrogen-bond acceptors (Lipinski definition) is 3. The van der Waals surface area contributed by atoms with E-state index in [0.717, 1.165) is 29.7 Å². The van der Waals surface area contributed by atoms with E-state index in [1.807, 2.05) is 6.20 Å². The van der Waals surface area contributed by atoms with Crippen molar-refractivity contribution in [3.05, 3.63) is 28.5 Å². The van der Waals surface area contributed by atoms with E-state index in [9.17, 15) is 5.11 Å². The lowest BCUT2D eigenvalue weighted by molar-refractivity contribution is -0.00902. The summed E-state index contributed by atoms with van der Waals surface area (Å²) in [6.07, 6.45) is 10.3. The van der Waals surface area contributed by atoms with Gasteiger partial charge in [0.15, 0.2) is 0 Å². The lowest BCUT2D eigenvalue weighted by Crippen LogP contribution is -2.48. The van der Waals surface area contributed by atoms with Crippen LogP contribution in [0.5, 0.6) is 0 Å². The number of aliphatic hydroxyl groups excluding tert-OH is 1. The SMILES string of the molecule is OC1CCCCC1C1CCCCN1Cc1ccc(Br)cn1. The van der Waals surface area contributed by atoms with E-state index >= 15 is 0 Å². The molecule has 0 amide bonds. The highest BCUT2D eigenvalue weighted by molar-refractivity contribution is 9.10. The van der Waals surface area contributed by atoms with E-state index < -0.39 is 0 Å². The highest BCUT2D eigenvalue weighted by Gasteiger charge is 2.35. The Hall–Kier alpha value is -0.450. The van der Waals surface area contributed by atoms with Crippen LogP contribution in [-0.4, -0.2) is 33.7 Å². The Labute approximate surface area is 135 Å². The van der Waals surface area contributed by atoms with Crippen LogP contribution in [0.15, 0.2) is 22.8 Å². The molecule has 21 heavy (non-hydrogen) atoms. The summed E-state index contributed by atoms with van der Waals surface area (Å²) in [4.78, 5) is 7.09. The maximum absolute atomic E-state index is 10.4. The lowest BCUT2D eigenvalue weighted by atomic mass is 9.78. The topological polar surface area (TPSA) is 36.4 Å². The lowest BCUT2D eigenvalue weighted by Gasteiger charge is -2.43. The molecule has 4 heteroatoms. The van der Waals surface area contributed by atoms with Crippen LogP contribution >= 0.6 is 15.9 Å². The average Bonchev–Trinajstić information content (AvgIpc) is 2.51. The van der Waals surface area contributed by atoms with Gasteiger partial charge in [-0.2, -0.15) is 0 Å². The van der Waals surface area contributed by atoms with Crippen LogP contribution in [-0.2, 0) is 6.54 Å². The van der Waals surface area contributed by atoms with Crippen molar-refractivity contribution in [2.24, 2.45) is 5.92 Å². The number of aliphatic hydroxyl groups is 1. The zero-order chi connectivity index (χ0) is 14.7. The van der Waals surface area contributed by atoms with Gasteiger partial charge >= 0.3 is 0 Å². The Morgan fingerprint density at radius 2 is 1.95 bits per heavy atom. The summed E-state index contributed by atoms with van der Waals surface area (Å²) in [5.41, 5.74) is 1.13.